The minimum Gasteiger partial charge on any atom is -0.421 e. The molecular formula is C7H5F7O2. The van der Waals surface area contributed by atoms with E-state index in [1.54, 1.807) is 0 Å². The topological polar surface area (TPSA) is 26.3 Å². The van der Waals surface area contributed by atoms with Crippen LogP contribution in [0.5, 0.6) is 0 Å². The van der Waals surface area contributed by atoms with Crippen molar-refractivity contribution in [3.8, 4) is 0 Å². The molecule has 0 heterocycles. The second-order valence-electron chi connectivity index (χ2n) is 2.54. The standard InChI is InChI=1S/C7H5F7O2/c1-2-3(15)16-5(9)6(10,11)4(8)7(12,13)14/h2,4-5H,1H2. The molecular weight excluding hydrogens is 249 g/mol. The van der Waals surface area contributed by atoms with Crippen LogP contribution in [0.2, 0.25) is 0 Å². The number of carbonyl (C=O) groups excluding carboxylic acids is 1. The molecule has 0 bridgehead atoms. The highest BCUT2D eigenvalue weighted by Gasteiger charge is 2.62. The molecule has 0 N–H and O–H groups in total. The van der Waals surface area contributed by atoms with Crippen LogP contribution in [0.15, 0.2) is 12.7 Å². The Morgan fingerprint density at radius 2 is 1.62 bits per heavy atom. The lowest BCUT2D eigenvalue weighted by Crippen LogP contribution is -2.49. The molecule has 0 fully saturated rings. The normalized spacial score (nSPS) is 16.4. The van der Waals surface area contributed by atoms with E-state index in [0.29, 0.717) is 0 Å². The van der Waals surface area contributed by atoms with E-state index in [2.05, 4.69) is 11.3 Å². The monoisotopic (exact) mass is 254 g/mol. The van der Waals surface area contributed by atoms with E-state index in [-0.39, 0.29) is 6.08 Å². The Labute approximate surface area is 84.7 Å². The van der Waals surface area contributed by atoms with Crippen LogP contribution in [0.25, 0.3) is 0 Å². The summed E-state index contributed by atoms with van der Waals surface area (Å²) < 4.78 is 87.2. The molecule has 0 spiro atoms. The summed E-state index contributed by atoms with van der Waals surface area (Å²) in [5.74, 6) is -7.25. The molecule has 0 saturated heterocycles. The van der Waals surface area contributed by atoms with Gasteiger partial charge in [-0.3, -0.25) is 0 Å². The molecule has 16 heavy (non-hydrogen) atoms. The van der Waals surface area contributed by atoms with Gasteiger partial charge in [0.15, 0.2) is 0 Å². The average Bonchev–Trinajstić information content (AvgIpc) is 2.14. The van der Waals surface area contributed by atoms with Gasteiger partial charge in [-0.1, -0.05) is 6.58 Å². The molecule has 0 aliphatic carbocycles. The molecule has 0 aromatic carbocycles. The van der Waals surface area contributed by atoms with Gasteiger partial charge >= 0.3 is 24.4 Å². The lowest BCUT2D eigenvalue weighted by molar-refractivity contribution is -0.288. The Balaban J connectivity index is 4.77. The summed E-state index contributed by atoms with van der Waals surface area (Å²) in [6, 6.07) is 0. The van der Waals surface area contributed by atoms with Crippen LogP contribution in [-0.2, 0) is 9.53 Å². The van der Waals surface area contributed by atoms with Crippen molar-refractivity contribution in [1.82, 2.24) is 0 Å². The van der Waals surface area contributed by atoms with Crippen LogP contribution < -0.4 is 0 Å². The van der Waals surface area contributed by atoms with E-state index >= 15 is 0 Å². The minimum absolute atomic E-state index is 0.240. The molecule has 9 heteroatoms. The van der Waals surface area contributed by atoms with E-state index in [9.17, 15) is 35.5 Å². The summed E-state index contributed by atoms with van der Waals surface area (Å²) in [7, 11) is 0. The fourth-order valence-electron chi connectivity index (χ4n) is 0.562. The number of halogens is 7. The molecule has 0 aliphatic rings. The Hall–Kier alpha value is -1.28. The molecule has 0 aliphatic heterocycles. The summed E-state index contributed by atoms with van der Waals surface area (Å²) in [4.78, 5) is 10.2. The van der Waals surface area contributed by atoms with Crippen molar-refractivity contribution in [2.24, 2.45) is 0 Å². The second-order valence-corrected chi connectivity index (χ2v) is 2.54. The maximum atomic E-state index is 12.4. The third-order valence-electron chi connectivity index (χ3n) is 1.31. The average molecular weight is 254 g/mol. The first-order valence-electron chi connectivity index (χ1n) is 3.59. The van der Waals surface area contributed by atoms with Gasteiger partial charge in [0.1, 0.15) is 0 Å². The highest BCUT2D eigenvalue weighted by Crippen LogP contribution is 2.38. The van der Waals surface area contributed by atoms with Gasteiger partial charge in [0.25, 0.3) is 6.17 Å². The molecule has 0 aromatic rings. The number of rotatable bonds is 4. The van der Waals surface area contributed by atoms with Gasteiger partial charge in [0.2, 0.25) is 0 Å². The number of esters is 1. The van der Waals surface area contributed by atoms with Gasteiger partial charge in [-0.15, -0.1) is 0 Å². The van der Waals surface area contributed by atoms with Crippen LogP contribution in [0, 0.1) is 0 Å². The lowest BCUT2D eigenvalue weighted by Gasteiger charge is -2.24. The lowest BCUT2D eigenvalue weighted by atomic mass is 10.2. The summed E-state index contributed by atoms with van der Waals surface area (Å²) in [5.41, 5.74) is 0. The van der Waals surface area contributed by atoms with Crippen LogP contribution >= 0.6 is 0 Å². The Morgan fingerprint density at radius 3 is 1.94 bits per heavy atom. The molecule has 0 saturated carbocycles. The van der Waals surface area contributed by atoms with Gasteiger partial charge < -0.3 is 4.74 Å². The predicted octanol–water partition coefficient (Wildman–Crippen LogP) is 2.55. The highest BCUT2D eigenvalue weighted by atomic mass is 19.4. The van der Waals surface area contributed by atoms with Crippen molar-refractivity contribution in [3.63, 3.8) is 0 Å². The summed E-state index contributed by atoms with van der Waals surface area (Å²) in [6.45, 7) is 2.69. The first-order chi connectivity index (χ1) is 7.03. The van der Waals surface area contributed by atoms with E-state index in [0.717, 1.165) is 0 Å². The SMILES string of the molecule is C=CC(=O)OC(F)C(F)(F)C(F)C(F)(F)F. The number of hydrogen-bond donors (Lipinski definition) is 0. The van der Waals surface area contributed by atoms with Crippen LogP contribution in [-0.4, -0.2) is 30.6 Å². The van der Waals surface area contributed by atoms with Crippen molar-refractivity contribution >= 4 is 5.97 Å². The maximum Gasteiger partial charge on any atom is 0.425 e. The third-order valence-corrected chi connectivity index (χ3v) is 1.31. The highest BCUT2D eigenvalue weighted by molar-refractivity contribution is 5.81. The van der Waals surface area contributed by atoms with Crippen LogP contribution in [0.3, 0.4) is 0 Å². The summed E-state index contributed by atoms with van der Waals surface area (Å²) in [6.07, 6.45) is -14.5. The molecule has 0 amide bonds. The van der Waals surface area contributed by atoms with E-state index in [1.807, 2.05) is 0 Å². The van der Waals surface area contributed by atoms with Gasteiger partial charge in [-0.05, 0) is 0 Å². The van der Waals surface area contributed by atoms with Gasteiger partial charge in [-0.25, -0.2) is 9.18 Å². The largest absolute Gasteiger partial charge is 0.425 e. The number of carbonyl (C=O) groups is 1. The van der Waals surface area contributed by atoms with E-state index < -0.39 is 30.6 Å². The summed E-state index contributed by atoms with van der Waals surface area (Å²) in [5, 5.41) is 0. The van der Waals surface area contributed by atoms with Crippen molar-refractivity contribution in [2.45, 2.75) is 24.6 Å². The Morgan fingerprint density at radius 1 is 1.19 bits per heavy atom. The van der Waals surface area contributed by atoms with Gasteiger partial charge in [0.05, 0.1) is 0 Å². The van der Waals surface area contributed by atoms with Gasteiger partial charge in [-0.2, -0.15) is 26.3 Å². The van der Waals surface area contributed by atoms with Gasteiger partial charge in [0, 0.05) is 6.08 Å². The van der Waals surface area contributed by atoms with Crippen molar-refractivity contribution in [3.05, 3.63) is 12.7 Å². The third kappa shape index (κ3) is 3.38. The minimum atomic E-state index is -5.96. The first kappa shape index (κ1) is 14.7. The number of alkyl halides is 7. The smallest absolute Gasteiger partial charge is 0.421 e. The summed E-state index contributed by atoms with van der Waals surface area (Å²) >= 11 is 0. The maximum absolute atomic E-state index is 12.4. The zero-order valence-corrected chi connectivity index (χ0v) is 7.40. The Kier molecular flexibility index (Phi) is 4.33. The van der Waals surface area contributed by atoms with Crippen LogP contribution in [0.1, 0.15) is 0 Å². The van der Waals surface area contributed by atoms with Crippen molar-refractivity contribution in [1.29, 1.82) is 0 Å². The molecule has 94 valence electrons. The zero-order valence-electron chi connectivity index (χ0n) is 7.40. The quantitative estimate of drug-likeness (QED) is 0.438. The fourth-order valence-corrected chi connectivity index (χ4v) is 0.562. The fraction of sp³-hybridized carbons (Fsp3) is 0.571. The predicted molar refractivity (Wildman–Crippen MR) is 37.1 cm³/mol. The van der Waals surface area contributed by atoms with Crippen LogP contribution in [0.4, 0.5) is 30.7 Å². The van der Waals surface area contributed by atoms with E-state index in [4.69, 9.17) is 0 Å². The van der Waals surface area contributed by atoms with E-state index in [1.165, 1.54) is 0 Å². The zero-order chi connectivity index (χ0) is 13.1. The number of ether oxygens (including phenoxy) is 1. The number of hydrogen-bond acceptors (Lipinski definition) is 2. The molecule has 2 nitrogen and oxygen atoms in total. The van der Waals surface area contributed by atoms with Crippen molar-refractivity contribution < 1.29 is 40.3 Å². The Bertz CT molecular complexity index is 272. The molecule has 2 atom stereocenters. The second kappa shape index (κ2) is 4.71. The first-order valence-corrected chi connectivity index (χ1v) is 3.59. The van der Waals surface area contributed by atoms with Crippen molar-refractivity contribution in [2.75, 3.05) is 0 Å². The molecule has 0 radical (unpaired) electrons. The molecule has 0 aromatic heterocycles. The molecule has 0 rings (SSSR count). The molecule has 2 unspecified atom stereocenters.